The van der Waals surface area contributed by atoms with E-state index < -0.39 is 0 Å². The Bertz CT molecular complexity index is 661. The average Bonchev–Trinajstić information content (AvgIpc) is 2.62. The fourth-order valence-corrected chi connectivity index (χ4v) is 3.32. The zero-order valence-corrected chi connectivity index (χ0v) is 14.8. The van der Waals surface area contributed by atoms with Gasteiger partial charge in [-0.05, 0) is 37.4 Å². The number of nitrogens with two attached hydrogens (primary N) is 1. The van der Waals surface area contributed by atoms with Gasteiger partial charge in [-0.1, -0.05) is 29.3 Å². The Kier molecular flexibility index (Phi) is 5.76. The molecule has 0 aliphatic carbocycles. The van der Waals surface area contributed by atoms with Crippen LogP contribution in [-0.2, 0) is 6.61 Å². The smallest absolute Gasteiger partial charge is 0.225 e. The summed E-state index contributed by atoms with van der Waals surface area (Å²) >= 11 is 12.3. The summed E-state index contributed by atoms with van der Waals surface area (Å²) in [6, 6.07) is 5.38. The number of halogens is 2. The van der Waals surface area contributed by atoms with E-state index in [0.717, 1.165) is 31.0 Å². The van der Waals surface area contributed by atoms with E-state index in [-0.39, 0.29) is 6.61 Å². The van der Waals surface area contributed by atoms with Crippen LogP contribution in [0.2, 0.25) is 10.0 Å². The quantitative estimate of drug-likeness (QED) is 0.876. The maximum atomic E-state index is 6.14. The topological polar surface area (TPSA) is 64.3 Å². The summed E-state index contributed by atoms with van der Waals surface area (Å²) < 4.78 is 5.71. The molecule has 3 rings (SSSR count). The van der Waals surface area contributed by atoms with E-state index >= 15 is 0 Å². The summed E-state index contributed by atoms with van der Waals surface area (Å²) in [7, 11) is 0. The molecule has 0 spiro atoms. The molecule has 5 nitrogen and oxygen atoms in total. The molecular formula is C17H20Cl2N4O. The third-order valence-corrected chi connectivity index (χ3v) is 4.90. The number of hydrogen-bond donors (Lipinski definition) is 1. The lowest BCUT2D eigenvalue weighted by Gasteiger charge is -2.32. The second-order valence-electron chi connectivity index (χ2n) is 5.90. The number of anilines is 1. The number of hydrogen-bond acceptors (Lipinski definition) is 5. The Balaban J connectivity index is 1.62. The molecular weight excluding hydrogens is 347 g/mol. The van der Waals surface area contributed by atoms with Crippen LogP contribution in [0.25, 0.3) is 0 Å². The number of benzene rings is 1. The summed E-state index contributed by atoms with van der Waals surface area (Å²) in [4.78, 5) is 11.0. The summed E-state index contributed by atoms with van der Waals surface area (Å²) in [5.74, 6) is 1.82. The summed E-state index contributed by atoms with van der Waals surface area (Å²) in [6.45, 7) is 2.86. The summed E-state index contributed by atoms with van der Waals surface area (Å²) in [5, 5.41) is 1.17. The van der Waals surface area contributed by atoms with Gasteiger partial charge in [0.2, 0.25) is 5.95 Å². The van der Waals surface area contributed by atoms with Gasteiger partial charge in [0, 0.05) is 28.7 Å². The standard InChI is InChI=1S/C17H20Cl2N4O/c18-15-4-1-5-16(19)14(15)11-24-13-8-21-17(22-9-13)23-6-2-3-12(7-20)10-23/h1,4-5,8-9,12H,2-3,6-7,10-11,20H2. The molecule has 1 aliphatic rings. The van der Waals surface area contributed by atoms with Crippen molar-refractivity contribution in [2.24, 2.45) is 11.7 Å². The van der Waals surface area contributed by atoms with Crippen molar-refractivity contribution < 1.29 is 4.74 Å². The number of piperidine rings is 1. The van der Waals surface area contributed by atoms with Gasteiger partial charge in [0.15, 0.2) is 5.75 Å². The minimum atomic E-state index is 0.278. The number of ether oxygens (including phenoxy) is 1. The molecule has 0 saturated carbocycles. The molecule has 1 atom stereocenters. The highest BCUT2D eigenvalue weighted by Crippen LogP contribution is 2.26. The van der Waals surface area contributed by atoms with Gasteiger partial charge in [0.1, 0.15) is 6.61 Å². The van der Waals surface area contributed by atoms with Gasteiger partial charge in [0.05, 0.1) is 12.4 Å². The van der Waals surface area contributed by atoms with Gasteiger partial charge in [-0.25, -0.2) is 9.97 Å². The van der Waals surface area contributed by atoms with Crippen LogP contribution in [-0.4, -0.2) is 29.6 Å². The van der Waals surface area contributed by atoms with Crippen LogP contribution in [0.5, 0.6) is 5.75 Å². The maximum Gasteiger partial charge on any atom is 0.225 e. The molecule has 2 aromatic rings. The van der Waals surface area contributed by atoms with Crippen molar-refractivity contribution in [2.75, 3.05) is 24.5 Å². The van der Waals surface area contributed by atoms with Crippen LogP contribution < -0.4 is 15.4 Å². The number of rotatable bonds is 5. The molecule has 1 aliphatic heterocycles. The van der Waals surface area contributed by atoms with Crippen molar-refractivity contribution in [1.29, 1.82) is 0 Å². The predicted molar refractivity (Wildman–Crippen MR) is 96.8 cm³/mol. The van der Waals surface area contributed by atoms with E-state index in [4.69, 9.17) is 33.7 Å². The van der Waals surface area contributed by atoms with Crippen molar-refractivity contribution >= 4 is 29.2 Å². The van der Waals surface area contributed by atoms with E-state index in [1.807, 2.05) is 0 Å². The van der Waals surface area contributed by atoms with Crippen molar-refractivity contribution in [2.45, 2.75) is 19.4 Å². The molecule has 2 heterocycles. The maximum absolute atomic E-state index is 6.14. The van der Waals surface area contributed by atoms with E-state index in [2.05, 4.69) is 14.9 Å². The van der Waals surface area contributed by atoms with Crippen LogP contribution >= 0.6 is 23.2 Å². The first-order valence-electron chi connectivity index (χ1n) is 8.00. The Hall–Kier alpha value is -1.56. The highest BCUT2D eigenvalue weighted by molar-refractivity contribution is 6.35. The van der Waals surface area contributed by atoms with Gasteiger partial charge in [-0.2, -0.15) is 0 Å². The van der Waals surface area contributed by atoms with Crippen LogP contribution in [0, 0.1) is 5.92 Å². The molecule has 7 heteroatoms. The fraction of sp³-hybridized carbons (Fsp3) is 0.412. The molecule has 1 unspecified atom stereocenters. The molecule has 0 amide bonds. The van der Waals surface area contributed by atoms with Crippen molar-refractivity contribution in [3.63, 3.8) is 0 Å². The molecule has 1 aromatic heterocycles. The highest BCUT2D eigenvalue weighted by atomic mass is 35.5. The third-order valence-electron chi connectivity index (χ3n) is 4.19. The monoisotopic (exact) mass is 366 g/mol. The van der Waals surface area contributed by atoms with Gasteiger partial charge < -0.3 is 15.4 Å². The van der Waals surface area contributed by atoms with Gasteiger partial charge in [-0.15, -0.1) is 0 Å². The minimum absolute atomic E-state index is 0.278. The zero-order valence-electron chi connectivity index (χ0n) is 13.3. The Morgan fingerprint density at radius 3 is 2.58 bits per heavy atom. The van der Waals surface area contributed by atoms with Crippen molar-refractivity contribution in [3.8, 4) is 5.75 Å². The Morgan fingerprint density at radius 1 is 1.21 bits per heavy atom. The van der Waals surface area contributed by atoms with Crippen LogP contribution in [0.3, 0.4) is 0 Å². The minimum Gasteiger partial charge on any atom is -0.486 e. The van der Waals surface area contributed by atoms with E-state index in [0.29, 0.717) is 28.3 Å². The lowest BCUT2D eigenvalue weighted by atomic mass is 9.99. The number of nitrogens with zero attached hydrogens (tertiary/aromatic N) is 3. The van der Waals surface area contributed by atoms with Gasteiger partial charge in [-0.3, -0.25) is 0 Å². The second kappa shape index (κ2) is 8.01. The molecule has 0 radical (unpaired) electrons. The summed E-state index contributed by atoms with van der Waals surface area (Å²) in [5.41, 5.74) is 6.53. The van der Waals surface area contributed by atoms with Gasteiger partial charge >= 0.3 is 0 Å². The summed E-state index contributed by atoms with van der Waals surface area (Å²) in [6.07, 6.45) is 5.65. The molecule has 0 bridgehead atoms. The van der Waals surface area contributed by atoms with E-state index in [1.54, 1.807) is 30.6 Å². The molecule has 1 fully saturated rings. The van der Waals surface area contributed by atoms with Crippen molar-refractivity contribution in [3.05, 3.63) is 46.2 Å². The number of aromatic nitrogens is 2. The lowest BCUT2D eigenvalue weighted by Crippen LogP contribution is -2.39. The Morgan fingerprint density at radius 2 is 1.92 bits per heavy atom. The van der Waals surface area contributed by atoms with E-state index in [1.165, 1.54) is 6.42 Å². The van der Waals surface area contributed by atoms with Gasteiger partial charge in [0.25, 0.3) is 0 Å². The van der Waals surface area contributed by atoms with Crippen LogP contribution in [0.15, 0.2) is 30.6 Å². The Labute approximate surface area is 151 Å². The second-order valence-corrected chi connectivity index (χ2v) is 6.71. The third kappa shape index (κ3) is 4.09. The largest absolute Gasteiger partial charge is 0.486 e. The average molecular weight is 367 g/mol. The first kappa shape index (κ1) is 17.3. The van der Waals surface area contributed by atoms with E-state index in [9.17, 15) is 0 Å². The predicted octanol–water partition coefficient (Wildman–Crippen LogP) is 3.54. The SMILES string of the molecule is NCC1CCCN(c2ncc(OCc3c(Cl)cccc3Cl)cn2)C1. The molecule has 128 valence electrons. The first-order valence-corrected chi connectivity index (χ1v) is 8.75. The zero-order chi connectivity index (χ0) is 16.9. The van der Waals surface area contributed by atoms with Crippen LogP contribution in [0.1, 0.15) is 18.4 Å². The lowest BCUT2D eigenvalue weighted by molar-refractivity contribution is 0.303. The molecule has 2 N–H and O–H groups in total. The highest BCUT2D eigenvalue weighted by Gasteiger charge is 2.20. The normalized spacial score (nSPS) is 17.8. The van der Waals surface area contributed by atoms with Crippen molar-refractivity contribution in [1.82, 2.24) is 9.97 Å². The van der Waals surface area contributed by atoms with Crippen LogP contribution in [0.4, 0.5) is 5.95 Å². The molecule has 1 saturated heterocycles. The molecule has 1 aromatic carbocycles. The molecule has 24 heavy (non-hydrogen) atoms. The fourth-order valence-electron chi connectivity index (χ4n) is 2.81. The first-order chi connectivity index (χ1) is 11.7.